The molecule has 0 radical (unpaired) electrons. The first-order chi connectivity index (χ1) is 20.3. The molecule has 9 heteroatoms. The second-order valence-electron chi connectivity index (χ2n) is 9.07. The molecule has 0 bridgehead atoms. The fraction of sp³-hybridized carbons (Fsp3) is 0.212. The molecule has 2 aromatic heterocycles. The number of aromatic nitrogens is 3. The van der Waals surface area contributed by atoms with Crippen molar-refractivity contribution in [3.63, 3.8) is 0 Å². The van der Waals surface area contributed by atoms with Crippen LogP contribution in [0.4, 0.5) is 40.2 Å². The van der Waals surface area contributed by atoms with E-state index in [2.05, 4.69) is 49.1 Å². The van der Waals surface area contributed by atoms with E-state index in [1.54, 1.807) is 18.3 Å². The number of amides is 1. The van der Waals surface area contributed by atoms with Crippen molar-refractivity contribution in [2.45, 2.75) is 34.6 Å². The maximum absolute atomic E-state index is 12.8. The molecule has 0 unspecified atom stereocenters. The number of benzene rings is 3. The topological polar surface area (TPSA) is 121 Å². The molecule has 0 saturated carbocycles. The van der Waals surface area contributed by atoms with Gasteiger partial charge < -0.3 is 26.6 Å². The quantitative estimate of drug-likeness (QED) is 0.158. The van der Waals surface area contributed by atoms with Crippen LogP contribution in [-0.2, 0) is 0 Å². The molecule has 0 fully saturated rings. The van der Waals surface area contributed by atoms with Gasteiger partial charge in [-0.05, 0) is 79.7 Å². The van der Waals surface area contributed by atoms with Gasteiger partial charge in [0.15, 0.2) is 0 Å². The number of hydrogen-bond acceptors (Lipinski definition) is 8. The molecule has 5 rings (SSSR count). The normalized spacial score (nSPS) is 9.98. The van der Waals surface area contributed by atoms with Crippen molar-refractivity contribution >= 4 is 57.0 Å². The number of fused-ring (bicyclic) bond motifs is 1. The Balaban J connectivity index is 0.00000116. The van der Waals surface area contributed by atoms with Gasteiger partial charge in [-0.3, -0.25) is 9.78 Å². The van der Waals surface area contributed by atoms with Crippen LogP contribution in [0.3, 0.4) is 0 Å². The Kier molecular flexibility index (Phi) is 11.2. The molecule has 3 aromatic carbocycles. The average Bonchev–Trinajstić information content (AvgIpc) is 3.00. The standard InChI is InChI=1S/C29H28N8O.2C2H6/c1-18-16-27(36-29(30)32-18)34-21-8-10-22(11-9-21)35-28(38)19-4-6-20(7-5-19)33-25-14-15-31-26-17-23(37(2)3)12-13-24(25)26;2*1-2/h4-17H,1-3H3,(H,31,33)(H,35,38)(H3,30,32,34,36);2*1-2H3. The van der Waals surface area contributed by atoms with Crippen LogP contribution in [0.5, 0.6) is 0 Å². The van der Waals surface area contributed by atoms with Crippen molar-refractivity contribution in [2.24, 2.45) is 0 Å². The molecule has 0 aliphatic carbocycles. The summed E-state index contributed by atoms with van der Waals surface area (Å²) in [5, 5.41) is 10.6. The number of anilines is 7. The fourth-order valence-corrected chi connectivity index (χ4v) is 4.03. The van der Waals surface area contributed by atoms with E-state index in [4.69, 9.17) is 5.73 Å². The van der Waals surface area contributed by atoms with Gasteiger partial charge in [-0.1, -0.05) is 27.7 Å². The van der Waals surface area contributed by atoms with Crippen LogP contribution >= 0.6 is 0 Å². The summed E-state index contributed by atoms with van der Waals surface area (Å²) in [5.41, 5.74) is 12.4. The number of carbonyl (C=O) groups excluding carboxylic acids is 1. The SMILES string of the molecule is CC.CC.Cc1cc(Nc2ccc(NC(=O)c3ccc(Nc4ccnc5cc(N(C)C)ccc45)cc3)cc2)nc(N)n1. The highest BCUT2D eigenvalue weighted by Gasteiger charge is 2.09. The Labute approximate surface area is 248 Å². The lowest BCUT2D eigenvalue weighted by molar-refractivity contribution is 0.102. The van der Waals surface area contributed by atoms with Gasteiger partial charge in [-0.25, -0.2) is 4.98 Å². The van der Waals surface area contributed by atoms with Gasteiger partial charge in [0.05, 0.1) is 5.52 Å². The fourth-order valence-electron chi connectivity index (χ4n) is 4.03. The zero-order chi connectivity index (χ0) is 30.6. The first-order valence-electron chi connectivity index (χ1n) is 14.1. The first kappa shape index (κ1) is 31.3. The average molecular weight is 565 g/mol. The lowest BCUT2D eigenvalue weighted by atomic mass is 10.1. The minimum absolute atomic E-state index is 0.193. The molecular formula is C33H40N8O. The molecule has 1 amide bonds. The molecule has 0 saturated heterocycles. The summed E-state index contributed by atoms with van der Waals surface area (Å²) in [5.74, 6) is 0.630. The molecule has 218 valence electrons. The molecule has 0 atom stereocenters. The van der Waals surface area contributed by atoms with Gasteiger partial charge in [-0.2, -0.15) is 4.98 Å². The molecule has 5 N–H and O–H groups in total. The predicted octanol–water partition coefficient (Wildman–Crippen LogP) is 7.77. The second kappa shape index (κ2) is 15.0. The third kappa shape index (κ3) is 8.17. The van der Waals surface area contributed by atoms with E-state index in [1.807, 2.05) is 102 Å². The van der Waals surface area contributed by atoms with Gasteiger partial charge in [0, 0.05) is 71.4 Å². The molecule has 5 aromatic rings. The number of pyridine rings is 1. The molecule has 0 aliphatic rings. The third-order valence-electron chi connectivity index (χ3n) is 5.96. The van der Waals surface area contributed by atoms with Crippen molar-refractivity contribution in [2.75, 3.05) is 40.7 Å². The number of aryl methyl sites for hydroxylation is 1. The van der Waals surface area contributed by atoms with Crippen molar-refractivity contribution in [3.8, 4) is 0 Å². The Bertz CT molecular complexity index is 1580. The summed E-state index contributed by atoms with van der Waals surface area (Å²) < 4.78 is 0. The van der Waals surface area contributed by atoms with Crippen LogP contribution in [0.25, 0.3) is 10.9 Å². The van der Waals surface area contributed by atoms with Crippen LogP contribution in [0.15, 0.2) is 85.1 Å². The van der Waals surface area contributed by atoms with E-state index in [0.29, 0.717) is 17.1 Å². The number of nitrogens with one attached hydrogen (secondary N) is 3. The lowest BCUT2D eigenvalue weighted by Crippen LogP contribution is -2.11. The number of nitrogens with two attached hydrogens (primary N) is 1. The number of carbonyl (C=O) groups is 1. The molecule has 9 nitrogen and oxygen atoms in total. The number of nitrogen functional groups attached to an aromatic ring is 1. The summed E-state index contributed by atoms with van der Waals surface area (Å²) in [6.45, 7) is 9.85. The van der Waals surface area contributed by atoms with Crippen molar-refractivity contribution in [1.29, 1.82) is 0 Å². The zero-order valence-corrected chi connectivity index (χ0v) is 25.4. The second-order valence-corrected chi connectivity index (χ2v) is 9.07. The number of nitrogens with zero attached hydrogens (tertiary/aromatic N) is 4. The maximum Gasteiger partial charge on any atom is 0.255 e. The monoisotopic (exact) mass is 564 g/mol. The van der Waals surface area contributed by atoms with Gasteiger partial charge >= 0.3 is 0 Å². The Hall–Kier alpha value is -5.18. The van der Waals surface area contributed by atoms with E-state index in [1.165, 1.54) is 0 Å². The zero-order valence-electron chi connectivity index (χ0n) is 25.4. The molecule has 0 aliphatic heterocycles. The van der Waals surface area contributed by atoms with E-state index in [-0.39, 0.29) is 11.9 Å². The van der Waals surface area contributed by atoms with E-state index >= 15 is 0 Å². The Morgan fingerprint density at radius 2 is 1.38 bits per heavy atom. The van der Waals surface area contributed by atoms with Crippen LogP contribution in [-0.4, -0.2) is 35.0 Å². The minimum atomic E-state index is -0.193. The highest BCUT2D eigenvalue weighted by atomic mass is 16.1. The van der Waals surface area contributed by atoms with Gasteiger partial charge in [0.2, 0.25) is 5.95 Å². The number of rotatable bonds is 7. The van der Waals surface area contributed by atoms with Gasteiger partial charge in [0.1, 0.15) is 5.82 Å². The first-order valence-corrected chi connectivity index (χ1v) is 14.1. The van der Waals surface area contributed by atoms with E-state index in [9.17, 15) is 4.79 Å². The molecule has 0 spiro atoms. The largest absolute Gasteiger partial charge is 0.378 e. The van der Waals surface area contributed by atoms with Crippen LogP contribution in [0.1, 0.15) is 43.7 Å². The number of hydrogen-bond donors (Lipinski definition) is 4. The van der Waals surface area contributed by atoms with E-state index < -0.39 is 0 Å². The predicted molar refractivity (Wildman–Crippen MR) is 177 cm³/mol. The molecule has 42 heavy (non-hydrogen) atoms. The third-order valence-corrected chi connectivity index (χ3v) is 5.96. The molecule has 2 heterocycles. The summed E-state index contributed by atoms with van der Waals surface area (Å²) in [6.07, 6.45) is 1.79. The summed E-state index contributed by atoms with van der Waals surface area (Å²) in [4.78, 5) is 27.6. The lowest BCUT2D eigenvalue weighted by Gasteiger charge is -2.14. The summed E-state index contributed by atoms with van der Waals surface area (Å²) >= 11 is 0. The Morgan fingerprint density at radius 1 is 0.762 bits per heavy atom. The summed E-state index contributed by atoms with van der Waals surface area (Å²) in [6, 6.07) is 24.7. The van der Waals surface area contributed by atoms with Crippen LogP contribution < -0.4 is 26.6 Å². The Morgan fingerprint density at radius 3 is 2.02 bits per heavy atom. The maximum atomic E-state index is 12.8. The van der Waals surface area contributed by atoms with Crippen molar-refractivity contribution < 1.29 is 4.79 Å². The van der Waals surface area contributed by atoms with Gasteiger partial charge in [0.25, 0.3) is 5.91 Å². The minimum Gasteiger partial charge on any atom is -0.378 e. The molecular weight excluding hydrogens is 524 g/mol. The van der Waals surface area contributed by atoms with Gasteiger partial charge in [-0.15, -0.1) is 0 Å². The van der Waals surface area contributed by atoms with Crippen LogP contribution in [0.2, 0.25) is 0 Å². The van der Waals surface area contributed by atoms with E-state index in [0.717, 1.165) is 39.3 Å². The highest BCUT2D eigenvalue weighted by molar-refractivity contribution is 6.04. The highest BCUT2D eigenvalue weighted by Crippen LogP contribution is 2.28. The summed E-state index contributed by atoms with van der Waals surface area (Å²) in [7, 11) is 4.01. The van der Waals surface area contributed by atoms with Crippen molar-refractivity contribution in [3.05, 3.63) is 96.3 Å². The smallest absolute Gasteiger partial charge is 0.255 e. The van der Waals surface area contributed by atoms with Crippen LogP contribution in [0, 0.1) is 6.92 Å². The van der Waals surface area contributed by atoms with Crippen molar-refractivity contribution in [1.82, 2.24) is 15.0 Å².